The van der Waals surface area contributed by atoms with Gasteiger partial charge in [0.1, 0.15) is 5.75 Å². The molecule has 0 atom stereocenters. The highest BCUT2D eigenvalue weighted by molar-refractivity contribution is 6.33. The lowest BCUT2D eigenvalue weighted by Gasteiger charge is -2.05. The van der Waals surface area contributed by atoms with Gasteiger partial charge in [0.05, 0.1) is 17.3 Å². The summed E-state index contributed by atoms with van der Waals surface area (Å²) in [5, 5.41) is 0.477. The number of anilines is 1. The minimum absolute atomic E-state index is 0.0788. The van der Waals surface area contributed by atoms with Gasteiger partial charge in [-0.2, -0.15) is 0 Å². The van der Waals surface area contributed by atoms with E-state index in [9.17, 15) is 4.79 Å². The second kappa shape index (κ2) is 5.78. The van der Waals surface area contributed by atoms with Crippen LogP contribution in [0.4, 0.5) is 5.69 Å². The van der Waals surface area contributed by atoms with Crippen molar-refractivity contribution >= 4 is 23.1 Å². The predicted molar refractivity (Wildman–Crippen MR) is 84.2 cm³/mol. The Labute approximate surface area is 128 Å². The van der Waals surface area contributed by atoms with Crippen molar-refractivity contribution in [2.75, 3.05) is 12.3 Å². The van der Waals surface area contributed by atoms with E-state index in [-0.39, 0.29) is 5.78 Å². The minimum atomic E-state index is 0.0788. The number of Topliss-reactive ketones (excluding diaryl/α,β-unsaturated/α-hetero) is 1. The van der Waals surface area contributed by atoms with Crippen LogP contribution < -0.4 is 10.5 Å². The standard InChI is InChI=1S/C17H16ClNO2/c18-14-4-3-12(10-15(14)19)16(20)5-1-11-2-6-17-13(9-11)7-8-21-17/h2-4,6,9-10H,1,5,7-8,19H2. The average Bonchev–Trinajstić information content (AvgIpc) is 2.95. The van der Waals surface area contributed by atoms with Crippen molar-refractivity contribution in [3.63, 3.8) is 0 Å². The van der Waals surface area contributed by atoms with Gasteiger partial charge in [0.2, 0.25) is 0 Å². The van der Waals surface area contributed by atoms with Gasteiger partial charge >= 0.3 is 0 Å². The normalized spacial score (nSPS) is 12.8. The molecule has 0 aliphatic carbocycles. The Balaban J connectivity index is 1.67. The zero-order chi connectivity index (χ0) is 14.8. The Kier molecular flexibility index (Phi) is 3.84. The molecule has 2 N–H and O–H groups in total. The van der Waals surface area contributed by atoms with Gasteiger partial charge in [0.15, 0.2) is 5.78 Å². The molecule has 108 valence electrons. The SMILES string of the molecule is Nc1cc(C(=O)CCc2ccc3c(c2)CCO3)ccc1Cl. The molecule has 0 unspecified atom stereocenters. The van der Waals surface area contributed by atoms with Crippen LogP contribution in [0.2, 0.25) is 5.02 Å². The van der Waals surface area contributed by atoms with Crippen molar-refractivity contribution in [1.82, 2.24) is 0 Å². The van der Waals surface area contributed by atoms with E-state index in [1.54, 1.807) is 18.2 Å². The Hall–Kier alpha value is -2.00. The molecule has 2 aromatic carbocycles. The molecule has 0 aromatic heterocycles. The molecule has 3 nitrogen and oxygen atoms in total. The molecular formula is C17H16ClNO2. The average molecular weight is 302 g/mol. The minimum Gasteiger partial charge on any atom is -0.493 e. The number of halogens is 1. The monoisotopic (exact) mass is 301 g/mol. The number of nitrogens with two attached hydrogens (primary N) is 1. The number of ether oxygens (including phenoxy) is 1. The molecule has 0 fully saturated rings. The van der Waals surface area contributed by atoms with Gasteiger partial charge in [0.25, 0.3) is 0 Å². The van der Waals surface area contributed by atoms with Crippen LogP contribution in [0.5, 0.6) is 5.75 Å². The molecule has 0 radical (unpaired) electrons. The largest absolute Gasteiger partial charge is 0.493 e. The van der Waals surface area contributed by atoms with Crippen molar-refractivity contribution in [3.8, 4) is 5.75 Å². The van der Waals surface area contributed by atoms with E-state index >= 15 is 0 Å². The van der Waals surface area contributed by atoms with Crippen LogP contribution in [0.3, 0.4) is 0 Å². The van der Waals surface area contributed by atoms with Crippen LogP contribution in [0.25, 0.3) is 0 Å². The highest BCUT2D eigenvalue weighted by Crippen LogP contribution is 2.26. The number of rotatable bonds is 4. The van der Waals surface area contributed by atoms with Crippen LogP contribution in [-0.4, -0.2) is 12.4 Å². The maximum Gasteiger partial charge on any atom is 0.163 e. The molecule has 4 heteroatoms. The predicted octanol–water partition coefficient (Wildman–Crippen LogP) is 3.67. The van der Waals surface area contributed by atoms with Gasteiger partial charge in [0, 0.05) is 18.4 Å². The summed E-state index contributed by atoms with van der Waals surface area (Å²) < 4.78 is 5.48. The van der Waals surface area contributed by atoms with E-state index in [2.05, 4.69) is 6.07 Å². The summed E-state index contributed by atoms with van der Waals surface area (Å²) in [5.41, 5.74) is 9.18. The summed E-state index contributed by atoms with van der Waals surface area (Å²) in [5.74, 6) is 1.05. The fourth-order valence-electron chi connectivity index (χ4n) is 2.51. The quantitative estimate of drug-likeness (QED) is 0.692. The van der Waals surface area contributed by atoms with E-state index in [1.165, 1.54) is 5.56 Å². The Morgan fingerprint density at radius 1 is 1.24 bits per heavy atom. The Morgan fingerprint density at radius 2 is 2.10 bits per heavy atom. The van der Waals surface area contributed by atoms with Crippen LogP contribution in [-0.2, 0) is 12.8 Å². The van der Waals surface area contributed by atoms with Gasteiger partial charge in [-0.15, -0.1) is 0 Å². The summed E-state index contributed by atoms with van der Waals surface area (Å²) in [4.78, 5) is 12.2. The third-order valence-electron chi connectivity index (χ3n) is 3.71. The van der Waals surface area contributed by atoms with Gasteiger partial charge in [-0.25, -0.2) is 0 Å². The summed E-state index contributed by atoms with van der Waals surface area (Å²) >= 11 is 5.86. The second-order valence-electron chi connectivity index (χ2n) is 5.20. The number of aryl methyl sites for hydroxylation is 1. The van der Waals surface area contributed by atoms with Crippen molar-refractivity contribution in [3.05, 3.63) is 58.1 Å². The van der Waals surface area contributed by atoms with E-state index in [0.29, 0.717) is 29.1 Å². The molecule has 1 aliphatic rings. The number of carbonyl (C=O) groups excluding carboxylic acids is 1. The lowest BCUT2D eigenvalue weighted by atomic mass is 10.0. The lowest BCUT2D eigenvalue weighted by molar-refractivity contribution is 0.0983. The summed E-state index contributed by atoms with van der Waals surface area (Å²) in [6.07, 6.45) is 2.13. The summed E-state index contributed by atoms with van der Waals surface area (Å²) in [6, 6.07) is 11.2. The molecular weight excluding hydrogens is 286 g/mol. The van der Waals surface area contributed by atoms with Gasteiger partial charge in [-0.05, 0) is 41.8 Å². The number of benzene rings is 2. The van der Waals surface area contributed by atoms with Gasteiger partial charge < -0.3 is 10.5 Å². The molecule has 3 rings (SSSR count). The molecule has 0 amide bonds. The van der Waals surface area contributed by atoms with Crippen molar-refractivity contribution in [1.29, 1.82) is 0 Å². The summed E-state index contributed by atoms with van der Waals surface area (Å²) in [7, 11) is 0. The van der Waals surface area contributed by atoms with E-state index < -0.39 is 0 Å². The number of ketones is 1. The fraction of sp³-hybridized carbons (Fsp3) is 0.235. The summed E-state index contributed by atoms with van der Waals surface area (Å²) in [6.45, 7) is 0.752. The van der Waals surface area contributed by atoms with Crippen LogP contribution in [0.1, 0.15) is 27.9 Å². The molecule has 1 aliphatic heterocycles. The van der Waals surface area contributed by atoms with E-state index in [4.69, 9.17) is 22.1 Å². The first kappa shape index (κ1) is 14.0. The van der Waals surface area contributed by atoms with Crippen molar-refractivity contribution < 1.29 is 9.53 Å². The molecule has 0 bridgehead atoms. The first-order chi connectivity index (χ1) is 10.1. The zero-order valence-corrected chi connectivity index (χ0v) is 12.3. The number of carbonyl (C=O) groups is 1. The lowest BCUT2D eigenvalue weighted by Crippen LogP contribution is -2.02. The molecule has 0 saturated carbocycles. The molecule has 0 saturated heterocycles. The number of fused-ring (bicyclic) bond motifs is 1. The number of hydrogen-bond acceptors (Lipinski definition) is 3. The van der Waals surface area contributed by atoms with Gasteiger partial charge in [-0.1, -0.05) is 23.7 Å². The maximum atomic E-state index is 12.2. The third-order valence-corrected chi connectivity index (χ3v) is 4.06. The number of nitrogen functional groups attached to an aromatic ring is 1. The molecule has 1 heterocycles. The highest BCUT2D eigenvalue weighted by Gasteiger charge is 2.13. The topological polar surface area (TPSA) is 52.3 Å². The Bertz CT molecular complexity index is 697. The van der Waals surface area contributed by atoms with Crippen LogP contribution >= 0.6 is 11.6 Å². The molecule has 0 spiro atoms. The fourth-order valence-corrected chi connectivity index (χ4v) is 2.63. The third kappa shape index (κ3) is 3.03. The van der Waals surface area contributed by atoms with Gasteiger partial charge in [-0.3, -0.25) is 4.79 Å². The Morgan fingerprint density at radius 3 is 2.90 bits per heavy atom. The smallest absolute Gasteiger partial charge is 0.163 e. The first-order valence-corrected chi connectivity index (χ1v) is 7.34. The van der Waals surface area contributed by atoms with Crippen LogP contribution in [0, 0.1) is 0 Å². The zero-order valence-electron chi connectivity index (χ0n) is 11.6. The van der Waals surface area contributed by atoms with Crippen molar-refractivity contribution in [2.45, 2.75) is 19.3 Å². The molecule has 21 heavy (non-hydrogen) atoms. The second-order valence-corrected chi connectivity index (χ2v) is 5.61. The molecule has 2 aromatic rings. The first-order valence-electron chi connectivity index (χ1n) is 6.96. The van der Waals surface area contributed by atoms with Crippen molar-refractivity contribution in [2.24, 2.45) is 0 Å². The highest BCUT2D eigenvalue weighted by atomic mass is 35.5. The number of hydrogen-bond donors (Lipinski definition) is 1. The van der Waals surface area contributed by atoms with Crippen LogP contribution in [0.15, 0.2) is 36.4 Å². The van der Waals surface area contributed by atoms with E-state index in [0.717, 1.165) is 24.3 Å². The van der Waals surface area contributed by atoms with E-state index in [1.807, 2.05) is 12.1 Å². The maximum absolute atomic E-state index is 12.2.